The average molecular weight is 325 g/mol. The molecule has 0 amide bonds. The second kappa shape index (κ2) is 5.76. The van der Waals surface area contributed by atoms with Crippen molar-refractivity contribution in [3.63, 3.8) is 0 Å². The number of nitrogens with one attached hydrogen (secondary N) is 1. The minimum atomic E-state index is -0.244. The number of hydrogen-bond acceptors (Lipinski definition) is 7. The molecule has 24 heavy (non-hydrogen) atoms. The number of aromatic nitrogens is 6. The molecule has 9 heteroatoms. The molecular weight excluding hydrogens is 310 g/mol. The summed E-state index contributed by atoms with van der Waals surface area (Å²) in [5.74, 6) is 0.224. The molecule has 0 aliphatic heterocycles. The van der Waals surface area contributed by atoms with E-state index in [0.717, 1.165) is 24.1 Å². The van der Waals surface area contributed by atoms with Gasteiger partial charge in [-0.2, -0.15) is 5.10 Å². The summed E-state index contributed by atoms with van der Waals surface area (Å²) in [4.78, 5) is 26.6. The van der Waals surface area contributed by atoms with E-state index in [1.165, 1.54) is 4.85 Å². The Kier molecular flexibility index (Phi) is 3.45. The predicted molar refractivity (Wildman–Crippen MR) is 84.1 cm³/mol. The van der Waals surface area contributed by atoms with Gasteiger partial charge in [-0.15, -0.1) is 5.10 Å². The first-order valence-electron chi connectivity index (χ1n) is 7.53. The summed E-state index contributed by atoms with van der Waals surface area (Å²) < 4.78 is 1.68. The highest BCUT2D eigenvalue weighted by atomic mass is 16.7. The SMILES string of the molecule is Cn1cc(Nc2nccc(-c3cnn(OC(=O)C4CC4)c3)n2)cn1. The molecule has 0 aromatic carbocycles. The van der Waals surface area contributed by atoms with Crippen molar-refractivity contribution in [2.45, 2.75) is 12.8 Å². The maximum atomic E-state index is 11.7. The molecule has 4 rings (SSSR count). The van der Waals surface area contributed by atoms with Crippen molar-refractivity contribution >= 4 is 17.6 Å². The van der Waals surface area contributed by atoms with Gasteiger partial charge in [-0.25, -0.2) is 14.8 Å². The van der Waals surface area contributed by atoms with Gasteiger partial charge in [0.25, 0.3) is 0 Å². The molecule has 0 radical (unpaired) electrons. The van der Waals surface area contributed by atoms with E-state index in [1.54, 1.807) is 35.5 Å². The highest BCUT2D eigenvalue weighted by molar-refractivity contribution is 5.75. The van der Waals surface area contributed by atoms with Crippen molar-refractivity contribution in [2.75, 3.05) is 5.32 Å². The minimum Gasteiger partial charge on any atom is -0.321 e. The topological polar surface area (TPSA) is 99.8 Å². The van der Waals surface area contributed by atoms with Crippen molar-refractivity contribution in [3.8, 4) is 11.3 Å². The highest BCUT2D eigenvalue weighted by Crippen LogP contribution is 2.29. The molecule has 0 unspecified atom stereocenters. The van der Waals surface area contributed by atoms with Crippen molar-refractivity contribution < 1.29 is 9.63 Å². The lowest BCUT2D eigenvalue weighted by Crippen LogP contribution is -2.21. The van der Waals surface area contributed by atoms with Crippen LogP contribution in [0, 0.1) is 5.92 Å². The van der Waals surface area contributed by atoms with Crippen LogP contribution >= 0.6 is 0 Å². The fourth-order valence-electron chi connectivity index (χ4n) is 2.17. The molecular formula is C15H15N7O2. The second-order valence-corrected chi connectivity index (χ2v) is 5.61. The van der Waals surface area contributed by atoms with E-state index in [-0.39, 0.29) is 11.9 Å². The number of carbonyl (C=O) groups excluding carboxylic acids is 1. The average Bonchev–Trinajstić information content (AvgIpc) is 3.20. The van der Waals surface area contributed by atoms with Crippen molar-refractivity contribution in [1.29, 1.82) is 0 Å². The van der Waals surface area contributed by atoms with E-state index in [9.17, 15) is 4.79 Å². The van der Waals surface area contributed by atoms with Crippen LogP contribution in [0.3, 0.4) is 0 Å². The monoisotopic (exact) mass is 325 g/mol. The molecule has 0 atom stereocenters. The zero-order valence-corrected chi connectivity index (χ0v) is 13.0. The third kappa shape index (κ3) is 3.09. The third-order valence-electron chi connectivity index (χ3n) is 3.57. The summed E-state index contributed by atoms with van der Waals surface area (Å²) in [6, 6.07) is 1.76. The van der Waals surface area contributed by atoms with E-state index >= 15 is 0 Å². The number of hydrogen-bond donors (Lipinski definition) is 1. The minimum absolute atomic E-state index is 0.0204. The molecule has 1 fully saturated rings. The van der Waals surface area contributed by atoms with Gasteiger partial charge in [0, 0.05) is 25.0 Å². The molecule has 1 aliphatic carbocycles. The molecule has 9 nitrogen and oxygen atoms in total. The van der Waals surface area contributed by atoms with Crippen molar-refractivity contribution in [1.82, 2.24) is 29.7 Å². The first-order valence-corrected chi connectivity index (χ1v) is 7.53. The molecule has 122 valence electrons. The van der Waals surface area contributed by atoms with E-state index in [0.29, 0.717) is 11.6 Å². The first kappa shape index (κ1) is 14.4. The molecule has 1 aliphatic rings. The van der Waals surface area contributed by atoms with E-state index in [4.69, 9.17) is 4.84 Å². The summed E-state index contributed by atoms with van der Waals surface area (Å²) in [5, 5.41) is 11.2. The summed E-state index contributed by atoms with van der Waals surface area (Å²) >= 11 is 0. The van der Waals surface area contributed by atoms with Gasteiger partial charge in [-0.3, -0.25) is 4.68 Å². The quantitative estimate of drug-likeness (QED) is 0.752. The molecule has 1 saturated carbocycles. The van der Waals surface area contributed by atoms with Gasteiger partial charge in [0.1, 0.15) is 0 Å². The molecule has 0 saturated heterocycles. The van der Waals surface area contributed by atoms with Crippen LogP contribution < -0.4 is 10.2 Å². The van der Waals surface area contributed by atoms with Gasteiger partial charge in [-0.05, 0) is 18.9 Å². The van der Waals surface area contributed by atoms with Gasteiger partial charge >= 0.3 is 5.97 Å². The van der Waals surface area contributed by atoms with Gasteiger partial charge in [-0.1, -0.05) is 4.85 Å². The van der Waals surface area contributed by atoms with Gasteiger partial charge in [0.2, 0.25) is 5.95 Å². The number of carbonyl (C=O) groups is 1. The first-order chi connectivity index (χ1) is 11.7. The van der Waals surface area contributed by atoms with E-state index in [1.807, 2.05) is 13.2 Å². The van der Waals surface area contributed by atoms with Crippen LogP contribution in [0.2, 0.25) is 0 Å². The molecule has 3 heterocycles. The maximum absolute atomic E-state index is 11.7. The summed E-state index contributed by atoms with van der Waals surface area (Å²) in [7, 11) is 1.83. The Morgan fingerprint density at radius 3 is 2.92 bits per heavy atom. The summed E-state index contributed by atoms with van der Waals surface area (Å²) in [6.07, 6.45) is 10.2. The van der Waals surface area contributed by atoms with Crippen molar-refractivity contribution in [2.24, 2.45) is 13.0 Å². The number of anilines is 2. The second-order valence-electron chi connectivity index (χ2n) is 5.61. The van der Waals surface area contributed by atoms with Crippen LogP contribution in [0.5, 0.6) is 0 Å². The van der Waals surface area contributed by atoms with Crippen molar-refractivity contribution in [3.05, 3.63) is 37.1 Å². The molecule has 3 aromatic rings. The van der Waals surface area contributed by atoms with Crippen LogP contribution in [0.1, 0.15) is 12.8 Å². The van der Waals surface area contributed by atoms with E-state index in [2.05, 4.69) is 25.5 Å². The Labute approximate surface area is 137 Å². The van der Waals surface area contributed by atoms with Gasteiger partial charge in [0.15, 0.2) is 0 Å². The summed E-state index contributed by atoms with van der Waals surface area (Å²) in [5.41, 5.74) is 2.20. The maximum Gasteiger partial charge on any atom is 0.337 e. The lowest BCUT2D eigenvalue weighted by molar-refractivity contribution is -0.147. The molecule has 0 spiro atoms. The summed E-state index contributed by atoms with van der Waals surface area (Å²) in [6.45, 7) is 0. The predicted octanol–water partition coefficient (Wildman–Crippen LogP) is 1.18. The standard InChI is InChI=1S/C15H15N7O2/c1-21-9-12(7-17-21)19-15-16-5-4-13(20-15)11-6-18-22(8-11)24-14(23)10-2-3-10/h4-10H,2-3H2,1H3,(H,16,19,20). The number of nitrogens with zero attached hydrogens (tertiary/aromatic N) is 6. The molecule has 3 aromatic heterocycles. The molecule has 1 N–H and O–H groups in total. The van der Waals surface area contributed by atoms with Crippen LogP contribution in [0.25, 0.3) is 11.3 Å². The smallest absolute Gasteiger partial charge is 0.321 e. The Morgan fingerprint density at radius 2 is 2.17 bits per heavy atom. The van der Waals surface area contributed by atoms with Gasteiger partial charge < -0.3 is 10.2 Å². The lowest BCUT2D eigenvalue weighted by Gasteiger charge is -2.03. The zero-order valence-electron chi connectivity index (χ0n) is 13.0. The number of rotatable bonds is 5. The van der Waals surface area contributed by atoms with E-state index < -0.39 is 0 Å². The Bertz CT molecular complexity index is 881. The lowest BCUT2D eigenvalue weighted by atomic mass is 10.2. The van der Waals surface area contributed by atoms with Gasteiger partial charge in [0.05, 0.1) is 35.9 Å². The third-order valence-corrected chi connectivity index (χ3v) is 3.57. The largest absolute Gasteiger partial charge is 0.337 e. The normalized spacial score (nSPS) is 13.7. The van der Waals surface area contributed by atoms with Crippen LogP contribution in [0.15, 0.2) is 37.1 Å². The Morgan fingerprint density at radius 1 is 1.29 bits per heavy atom. The number of aryl methyl sites for hydroxylation is 1. The van der Waals surface area contributed by atoms with Crippen LogP contribution in [-0.2, 0) is 11.8 Å². The Hall–Kier alpha value is -3.23. The fourth-order valence-corrected chi connectivity index (χ4v) is 2.17. The Balaban J connectivity index is 1.50. The zero-order chi connectivity index (χ0) is 16.5. The molecule has 0 bridgehead atoms. The fraction of sp³-hybridized carbons (Fsp3) is 0.267. The van der Waals surface area contributed by atoms with Crippen LogP contribution in [0.4, 0.5) is 11.6 Å². The highest BCUT2D eigenvalue weighted by Gasteiger charge is 2.32. The van der Waals surface area contributed by atoms with Crippen LogP contribution in [-0.4, -0.2) is 35.7 Å².